The third-order valence-electron chi connectivity index (χ3n) is 2.82. The Bertz CT molecular complexity index is 736. The van der Waals surface area contributed by atoms with E-state index in [1.807, 2.05) is 31.2 Å². The van der Waals surface area contributed by atoms with Gasteiger partial charge < -0.3 is 4.74 Å². The molecule has 0 amide bonds. The van der Waals surface area contributed by atoms with Crippen LogP contribution in [-0.4, -0.2) is 11.0 Å². The van der Waals surface area contributed by atoms with E-state index in [0.29, 0.717) is 5.56 Å². The Balaban J connectivity index is 2.06. The molecule has 0 aliphatic rings. The lowest BCUT2D eigenvalue weighted by molar-refractivity contribution is -0.129. The largest absolute Gasteiger partial charge is 0.404 e. The number of aromatic nitrogens is 1. The maximum absolute atomic E-state index is 11.5. The zero-order chi connectivity index (χ0) is 15.8. The molecular weight excluding hydrogens is 276 g/mol. The fraction of sp³-hybridized carbons (Fsp3) is 0.0556. The van der Waals surface area contributed by atoms with E-state index in [0.717, 1.165) is 11.1 Å². The van der Waals surface area contributed by atoms with Gasteiger partial charge in [0.2, 0.25) is 5.88 Å². The van der Waals surface area contributed by atoms with Gasteiger partial charge in [-0.05, 0) is 30.7 Å². The molecule has 0 unspecified atom stereocenters. The summed E-state index contributed by atoms with van der Waals surface area (Å²) in [5, 5.41) is 8.78. The van der Waals surface area contributed by atoms with Crippen molar-refractivity contribution in [2.24, 2.45) is 0 Å². The van der Waals surface area contributed by atoms with Crippen LogP contribution < -0.4 is 4.74 Å². The standard InChI is InChI=1S/C18H14N2O2/c1-2-3-4-5-18(21)22-17-11-10-16(13-20-17)15-8-6-14(12-19)7-9-15/h2-11,13H,1H3/b3-2+,5-4+. The van der Waals surface area contributed by atoms with Gasteiger partial charge >= 0.3 is 5.97 Å². The number of pyridine rings is 1. The number of nitrogens with zero attached hydrogens (tertiary/aromatic N) is 2. The van der Waals surface area contributed by atoms with Crippen molar-refractivity contribution >= 4 is 5.97 Å². The molecule has 0 aliphatic heterocycles. The summed E-state index contributed by atoms with van der Waals surface area (Å²) in [4.78, 5) is 15.6. The predicted octanol–water partition coefficient (Wildman–Crippen LogP) is 3.66. The average Bonchev–Trinajstić information content (AvgIpc) is 2.56. The van der Waals surface area contributed by atoms with Gasteiger partial charge in [0.05, 0.1) is 11.6 Å². The van der Waals surface area contributed by atoms with E-state index >= 15 is 0 Å². The van der Waals surface area contributed by atoms with Crippen LogP contribution in [0.25, 0.3) is 11.1 Å². The van der Waals surface area contributed by atoms with Crippen molar-refractivity contribution in [2.45, 2.75) is 6.92 Å². The first-order chi connectivity index (χ1) is 10.7. The third kappa shape index (κ3) is 4.15. The Hall–Kier alpha value is -3.19. The molecule has 0 saturated heterocycles. The van der Waals surface area contributed by atoms with Crippen molar-refractivity contribution in [2.75, 3.05) is 0 Å². The Kier molecular flexibility index (Phi) is 5.22. The van der Waals surface area contributed by atoms with Crippen molar-refractivity contribution in [3.63, 3.8) is 0 Å². The molecule has 1 aromatic carbocycles. The minimum Gasteiger partial charge on any atom is -0.404 e. The molecule has 0 saturated carbocycles. The molecule has 4 heteroatoms. The number of hydrogen-bond donors (Lipinski definition) is 0. The quantitative estimate of drug-likeness (QED) is 0.490. The maximum atomic E-state index is 11.5. The molecule has 2 rings (SSSR count). The number of hydrogen-bond acceptors (Lipinski definition) is 4. The van der Waals surface area contributed by atoms with Crippen molar-refractivity contribution in [3.05, 3.63) is 72.5 Å². The van der Waals surface area contributed by atoms with Gasteiger partial charge in [0.15, 0.2) is 0 Å². The lowest BCUT2D eigenvalue weighted by Gasteiger charge is -2.03. The van der Waals surface area contributed by atoms with Crippen molar-refractivity contribution in [1.29, 1.82) is 5.26 Å². The SMILES string of the molecule is C/C=C/C=C/C(=O)Oc1ccc(-c2ccc(C#N)cc2)cn1. The average molecular weight is 290 g/mol. The van der Waals surface area contributed by atoms with Gasteiger partial charge in [0.25, 0.3) is 0 Å². The van der Waals surface area contributed by atoms with Crippen molar-refractivity contribution in [3.8, 4) is 23.1 Å². The minimum atomic E-state index is -0.475. The van der Waals surface area contributed by atoms with E-state index in [1.54, 1.807) is 36.5 Å². The van der Waals surface area contributed by atoms with E-state index in [1.165, 1.54) is 6.08 Å². The molecule has 22 heavy (non-hydrogen) atoms. The number of allylic oxidation sites excluding steroid dienone is 3. The van der Waals surface area contributed by atoms with Gasteiger partial charge in [-0.3, -0.25) is 0 Å². The molecule has 1 aromatic heterocycles. The second-order valence-electron chi connectivity index (χ2n) is 4.38. The summed E-state index contributed by atoms with van der Waals surface area (Å²) in [5.41, 5.74) is 2.43. The summed E-state index contributed by atoms with van der Waals surface area (Å²) >= 11 is 0. The number of benzene rings is 1. The monoisotopic (exact) mass is 290 g/mol. The normalized spacial score (nSPS) is 10.7. The van der Waals surface area contributed by atoms with Crippen LogP contribution in [-0.2, 0) is 4.79 Å². The summed E-state index contributed by atoms with van der Waals surface area (Å²) in [6.07, 6.45) is 8.11. The molecule has 0 aliphatic carbocycles. The smallest absolute Gasteiger partial charge is 0.337 e. The summed E-state index contributed by atoms with van der Waals surface area (Å²) in [7, 11) is 0. The Morgan fingerprint density at radius 1 is 1.14 bits per heavy atom. The fourth-order valence-corrected chi connectivity index (χ4v) is 1.73. The van der Waals surface area contributed by atoms with Crippen LogP contribution in [0, 0.1) is 11.3 Å². The molecule has 0 bridgehead atoms. The van der Waals surface area contributed by atoms with Crippen molar-refractivity contribution in [1.82, 2.24) is 4.98 Å². The number of carbonyl (C=O) groups excluding carboxylic acids is 1. The predicted molar refractivity (Wildman–Crippen MR) is 84.0 cm³/mol. The fourth-order valence-electron chi connectivity index (χ4n) is 1.73. The molecule has 0 fully saturated rings. The molecule has 0 N–H and O–H groups in total. The summed E-state index contributed by atoms with van der Waals surface area (Å²) in [6, 6.07) is 12.7. The molecule has 0 spiro atoms. The zero-order valence-corrected chi connectivity index (χ0v) is 12.1. The van der Waals surface area contributed by atoms with Crippen LogP contribution in [0.3, 0.4) is 0 Å². The van der Waals surface area contributed by atoms with E-state index in [-0.39, 0.29) is 5.88 Å². The van der Waals surface area contributed by atoms with Gasteiger partial charge in [-0.1, -0.05) is 30.4 Å². The Labute approximate surface area is 129 Å². The van der Waals surface area contributed by atoms with Crippen LogP contribution in [0.15, 0.2) is 66.9 Å². The lowest BCUT2D eigenvalue weighted by Crippen LogP contribution is -2.04. The highest BCUT2D eigenvalue weighted by atomic mass is 16.5. The second-order valence-corrected chi connectivity index (χ2v) is 4.38. The van der Waals surface area contributed by atoms with E-state index in [2.05, 4.69) is 11.1 Å². The van der Waals surface area contributed by atoms with Gasteiger partial charge in [-0.2, -0.15) is 5.26 Å². The molecule has 0 atom stereocenters. The van der Waals surface area contributed by atoms with Gasteiger partial charge in [-0.25, -0.2) is 9.78 Å². The van der Waals surface area contributed by atoms with E-state index in [9.17, 15) is 4.79 Å². The first-order valence-electron chi connectivity index (χ1n) is 6.70. The maximum Gasteiger partial charge on any atom is 0.337 e. The lowest BCUT2D eigenvalue weighted by atomic mass is 10.1. The van der Waals surface area contributed by atoms with Crippen molar-refractivity contribution < 1.29 is 9.53 Å². The number of nitriles is 1. The Morgan fingerprint density at radius 2 is 1.86 bits per heavy atom. The van der Waals surface area contributed by atoms with Crippen LogP contribution in [0.2, 0.25) is 0 Å². The molecule has 108 valence electrons. The molecule has 2 aromatic rings. The summed E-state index contributed by atoms with van der Waals surface area (Å²) in [5.74, 6) is -0.232. The highest BCUT2D eigenvalue weighted by Crippen LogP contribution is 2.20. The number of carbonyl (C=O) groups is 1. The molecular formula is C18H14N2O2. The second kappa shape index (κ2) is 7.55. The number of ether oxygens (including phenoxy) is 1. The molecule has 4 nitrogen and oxygen atoms in total. The zero-order valence-electron chi connectivity index (χ0n) is 12.1. The molecule has 0 radical (unpaired) electrons. The van der Waals surface area contributed by atoms with Gasteiger partial charge in [0, 0.05) is 23.9 Å². The first-order valence-corrected chi connectivity index (χ1v) is 6.70. The highest BCUT2D eigenvalue weighted by Gasteiger charge is 2.03. The van der Waals surface area contributed by atoms with Crippen LogP contribution in [0.4, 0.5) is 0 Å². The summed E-state index contributed by atoms with van der Waals surface area (Å²) < 4.78 is 5.07. The Morgan fingerprint density at radius 3 is 2.45 bits per heavy atom. The van der Waals surface area contributed by atoms with Gasteiger partial charge in [-0.15, -0.1) is 0 Å². The van der Waals surface area contributed by atoms with Gasteiger partial charge in [0.1, 0.15) is 0 Å². The topological polar surface area (TPSA) is 63.0 Å². The number of rotatable bonds is 4. The van der Waals surface area contributed by atoms with Crippen LogP contribution in [0.1, 0.15) is 12.5 Å². The number of esters is 1. The molecule has 1 heterocycles. The minimum absolute atomic E-state index is 0.243. The first kappa shape index (κ1) is 15.2. The third-order valence-corrected chi connectivity index (χ3v) is 2.82. The van der Waals surface area contributed by atoms with E-state index in [4.69, 9.17) is 10.00 Å². The van der Waals surface area contributed by atoms with Crippen LogP contribution >= 0.6 is 0 Å². The summed E-state index contributed by atoms with van der Waals surface area (Å²) in [6.45, 7) is 1.86. The van der Waals surface area contributed by atoms with Crippen LogP contribution in [0.5, 0.6) is 5.88 Å². The highest BCUT2D eigenvalue weighted by molar-refractivity contribution is 5.84. The van der Waals surface area contributed by atoms with E-state index < -0.39 is 5.97 Å².